The molecule has 13 rings (SSSR count). The Labute approximate surface area is 343 Å². The highest BCUT2D eigenvalue weighted by molar-refractivity contribution is 7.26. The smallest absolute Gasteiger partial charge is 0.161 e. The van der Waals surface area contributed by atoms with Crippen molar-refractivity contribution in [1.29, 1.82) is 0 Å². The van der Waals surface area contributed by atoms with Crippen molar-refractivity contribution in [3.05, 3.63) is 194 Å². The molecule has 5 heteroatoms. The number of benzene rings is 8. The highest BCUT2D eigenvalue weighted by atomic mass is 32.1. The van der Waals surface area contributed by atoms with Crippen molar-refractivity contribution < 1.29 is 4.42 Å². The molecule has 0 saturated carbocycles. The number of hydrogen-bond acceptors (Lipinski definition) is 5. The van der Waals surface area contributed by atoms with E-state index in [0.29, 0.717) is 5.82 Å². The molecule has 1 aliphatic heterocycles. The van der Waals surface area contributed by atoms with Gasteiger partial charge >= 0.3 is 0 Å². The Hall–Kier alpha value is -7.34. The van der Waals surface area contributed by atoms with Gasteiger partial charge in [-0.1, -0.05) is 146 Å². The Balaban J connectivity index is 1.00. The lowest BCUT2D eigenvalue weighted by molar-refractivity contribution is 0.668. The van der Waals surface area contributed by atoms with Crippen molar-refractivity contribution in [3.8, 4) is 33.8 Å². The number of furan rings is 1. The standard InChI is InChI=1S/C54H33N3OS/c1-2-14-33(15-3-1)43-31-45-49(38-18-7-6-17-37(38)43)39-19-8-10-22-44(39)57(45)36-27-28-40-47(30-36)58-46-23-12-21-42(50(40)46)54-55-51(35-26-25-32-13-4-5-16-34(32)29-35)53-52(56-54)41-20-9-11-24-48(41)59-53/h1-31,39,44H. The third-order valence-corrected chi connectivity index (χ3v) is 13.6. The first-order valence-electron chi connectivity index (χ1n) is 20.1. The summed E-state index contributed by atoms with van der Waals surface area (Å²) in [6, 6.07) is 58.9. The zero-order valence-electron chi connectivity index (χ0n) is 31.7. The van der Waals surface area contributed by atoms with E-state index in [1.54, 1.807) is 11.3 Å². The summed E-state index contributed by atoms with van der Waals surface area (Å²) >= 11 is 1.76. The molecule has 2 atom stereocenters. The van der Waals surface area contributed by atoms with Crippen LogP contribution < -0.4 is 4.90 Å². The topological polar surface area (TPSA) is 42.2 Å². The van der Waals surface area contributed by atoms with Gasteiger partial charge in [-0.25, -0.2) is 9.97 Å². The molecule has 1 aliphatic carbocycles. The molecule has 2 aliphatic rings. The van der Waals surface area contributed by atoms with Gasteiger partial charge < -0.3 is 9.32 Å². The summed E-state index contributed by atoms with van der Waals surface area (Å²) in [7, 11) is 0. The molecule has 0 saturated heterocycles. The summed E-state index contributed by atoms with van der Waals surface area (Å²) in [5.41, 5.74) is 11.8. The second-order valence-electron chi connectivity index (χ2n) is 15.6. The molecule has 0 bridgehead atoms. The fourth-order valence-electron chi connectivity index (χ4n) is 9.76. The third-order valence-electron chi connectivity index (χ3n) is 12.4. The second-order valence-corrected chi connectivity index (χ2v) is 16.7. The van der Waals surface area contributed by atoms with Crippen LogP contribution >= 0.6 is 11.3 Å². The van der Waals surface area contributed by atoms with E-state index in [1.807, 2.05) is 0 Å². The predicted octanol–water partition coefficient (Wildman–Crippen LogP) is 14.8. The first-order chi connectivity index (χ1) is 29.2. The van der Waals surface area contributed by atoms with E-state index in [9.17, 15) is 0 Å². The minimum absolute atomic E-state index is 0.135. The van der Waals surface area contributed by atoms with Gasteiger partial charge in [0.2, 0.25) is 0 Å². The summed E-state index contributed by atoms with van der Waals surface area (Å²) < 4.78 is 9.09. The molecule has 0 amide bonds. The van der Waals surface area contributed by atoms with Crippen LogP contribution in [0.1, 0.15) is 11.5 Å². The van der Waals surface area contributed by atoms with E-state index in [-0.39, 0.29) is 12.0 Å². The highest BCUT2D eigenvalue weighted by Gasteiger charge is 2.39. The van der Waals surface area contributed by atoms with Crippen LogP contribution in [0.5, 0.6) is 0 Å². The van der Waals surface area contributed by atoms with Gasteiger partial charge in [-0.2, -0.15) is 0 Å². The maximum absolute atomic E-state index is 6.80. The zero-order valence-corrected chi connectivity index (χ0v) is 32.5. The Bertz CT molecular complexity index is 3600. The zero-order chi connectivity index (χ0) is 38.6. The summed E-state index contributed by atoms with van der Waals surface area (Å²) in [6.45, 7) is 0. The largest absolute Gasteiger partial charge is 0.456 e. The number of nitrogens with zero attached hydrogens (tertiary/aromatic N) is 3. The van der Waals surface area contributed by atoms with E-state index < -0.39 is 0 Å². The van der Waals surface area contributed by atoms with Crippen LogP contribution in [0.25, 0.3) is 97.6 Å². The molecule has 276 valence electrons. The highest BCUT2D eigenvalue weighted by Crippen LogP contribution is 2.53. The number of allylic oxidation sites excluding steroid dienone is 2. The van der Waals surface area contributed by atoms with Gasteiger partial charge in [0.05, 0.1) is 22.0 Å². The lowest BCUT2D eigenvalue weighted by atomic mass is 9.86. The lowest BCUT2D eigenvalue weighted by Crippen LogP contribution is -2.28. The molecular formula is C54H33N3OS. The lowest BCUT2D eigenvalue weighted by Gasteiger charge is -2.28. The predicted molar refractivity (Wildman–Crippen MR) is 247 cm³/mol. The van der Waals surface area contributed by atoms with Crippen LogP contribution in [-0.4, -0.2) is 16.0 Å². The monoisotopic (exact) mass is 771 g/mol. The van der Waals surface area contributed by atoms with Crippen LogP contribution in [0, 0.1) is 0 Å². The van der Waals surface area contributed by atoms with Crippen LogP contribution in [0.15, 0.2) is 193 Å². The van der Waals surface area contributed by atoms with Crippen molar-refractivity contribution in [2.45, 2.75) is 12.0 Å². The van der Waals surface area contributed by atoms with Gasteiger partial charge in [0, 0.05) is 55.3 Å². The molecule has 4 nitrogen and oxygen atoms in total. The summed E-state index contributed by atoms with van der Waals surface area (Å²) in [5, 5.41) is 8.19. The number of hydrogen-bond donors (Lipinski definition) is 0. The minimum atomic E-state index is 0.135. The molecule has 2 unspecified atom stereocenters. The maximum atomic E-state index is 6.80. The first kappa shape index (κ1) is 32.7. The fourth-order valence-corrected chi connectivity index (χ4v) is 10.9. The molecule has 0 N–H and O–H groups in total. The van der Waals surface area contributed by atoms with E-state index >= 15 is 0 Å². The average Bonchev–Trinajstić information content (AvgIpc) is 3.98. The van der Waals surface area contributed by atoms with E-state index in [2.05, 4.69) is 193 Å². The number of fused-ring (bicyclic) bond motifs is 12. The van der Waals surface area contributed by atoms with Gasteiger partial charge in [-0.3, -0.25) is 0 Å². The summed E-state index contributed by atoms with van der Waals surface area (Å²) in [4.78, 5) is 13.3. The maximum Gasteiger partial charge on any atom is 0.161 e. The van der Waals surface area contributed by atoms with Crippen molar-refractivity contribution in [2.24, 2.45) is 0 Å². The molecular weight excluding hydrogens is 739 g/mol. The quantitative estimate of drug-likeness (QED) is 0.179. The summed E-state index contributed by atoms with van der Waals surface area (Å²) in [6.07, 6.45) is 9.09. The fraction of sp³-hybridized carbons (Fsp3) is 0.0370. The molecule has 59 heavy (non-hydrogen) atoms. The summed E-state index contributed by atoms with van der Waals surface area (Å²) in [5.74, 6) is 0.914. The SMILES string of the molecule is C1=CC2c3c(cc(-c4ccccc4)c4ccccc34)N(c3ccc4c(c3)oc3cccc(-c5nc(-c6ccc7ccccc7c6)c6sc7ccccc7c6n5)c34)C2C=C1. The van der Waals surface area contributed by atoms with Crippen molar-refractivity contribution in [2.75, 3.05) is 4.90 Å². The molecule has 0 fully saturated rings. The van der Waals surface area contributed by atoms with E-state index in [4.69, 9.17) is 14.4 Å². The first-order valence-corrected chi connectivity index (χ1v) is 21.0. The average molecular weight is 772 g/mol. The van der Waals surface area contributed by atoms with E-state index in [1.165, 1.54) is 48.6 Å². The Morgan fingerprint density at radius 1 is 0.542 bits per heavy atom. The van der Waals surface area contributed by atoms with Gasteiger partial charge in [0.15, 0.2) is 5.82 Å². The molecule has 11 aromatic rings. The van der Waals surface area contributed by atoms with Gasteiger partial charge in [-0.05, 0) is 74.6 Å². The van der Waals surface area contributed by atoms with Gasteiger partial charge in [-0.15, -0.1) is 11.3 Å². The van der Waals surface area contributed by atoms with Gasteiger partial charge in [0.25, 0.3) is 0 Å². The normalized spacial score (nSPS) is 16.0. The van der Waals surface area contributed by atoms with Crippen LogP contribution in [0.3, 0.4) is 0 Å². The van der Waals surface area contributed by atoms with Gasteiger partial charge in [0.1, 0.15) is 11.2 Å². The Morgan fingerprint density at radius 3 is 2.25 bits per heavy atom. The van der Waals surface area contributed by atoms with Crippen molar-refractivity contribution in [3.63, 3.8) is 0 Å². The Morgan fingerprint density at radius 2 is 1.34 bits per heavy atom. The van der Waals surface area contributed by atoms with Crippen molar-refractivity contribution >= 4 is 86.5 Å². The second kappa shape index (κ2) is 12.6. The number of thiophene rings is 1. The van der Waals surface area contributed by atoms with E-state index in [0.717, 1.165) is 60.0 Å². The van der Waals surface area contributed by atoms with Crippen LogP contribution in [-0.2, 0) is 0 Å². The number of rotatable bonds is 4. The minimum Gasteiger partial charge on any atom is -0.456 e. The molecule has 8 aromatic carbocycles. The van der Waals surface area contributed by atoms with Crippen LogP contribution in [0.2, 0.25) is 0 Å². The molecule has 3 aromatic heterocycles. The Kier molecular flexibility index (Phi) is 6.97. The number of aromatic nitrogens is 2. The molecule has 0 spiro atoms. The van der Waals surface area contributed by atoms with Crippen LogP contribution in [0.4, 0.5) is 11.4 Å². The molecule has 4 heterocycles. The number of anilines is 2. The molecule has 0 radical (unpaired) electrons. The third kappa shape index (κ3) is 4.89. The van der Waals surface area contributed by atoms with Crippen molar-refractivity contribution in [1.82, 2.24) is 9.97 Å².